The Morgan fingerprint density at radius 1 is 1.36 bits per heavy atom. The van der Waals surface area contributed by atoms with Gasteiger partial charge in [-0.15, -0.1) is 0 Å². The van der Waals surface area contributed by atoms with Gasteiger partial charge in [0.05, 0.1) is 0 Å². The smallest absolute Gasteiger partial charge is 0.127 e. The molecule has 0 saturated heterocycles. The highest BCUT2D eigenvalue weighted by atomic mass is 79.9. The Kier molecular flexibility index (Phi) is 4.39. The number of aromatic nitrogens is 1. The minimum atomic E-state index is 0.469. The molecule has 1 aromatic heterocycles. The lowest BCUT2D eigenvalue weighted by molar-refractivity contribution is 0.539. The summed E-state index contributed by atoms with van der Waals surface area (Å²) in [5.41, 5.74) is 0. The van der Waals surface area contributed by atoms with Crippen LogP contribution in [0.25, 0.3) is 0 Å². The fraction of sp³-hybridized carbons (Fsp3) is 0.545. The van der Waals surface area contributed by atoms with E-state index in [1.807, 2.05) is 18.2 Å². The van der Waals surface area contributed by atoms with E-state index < -0.39 is 0 Å². The van der Waals surface area contributed by atoms with Crippen LogP contribution in [-0.2, 0) is 0 Å². The average molecular weight is 257 g/mol. The van der Waals surface area contributed by atoms with Crippen molar-refractivity contribution in [2.75, 3.05) is 5.32 Å². The van der Waals surface area contributed by atoms with Crippen LogP contribution in [-0.4, -0.2) is 11.0 Å². The van der Waals surface area contributed by atoms with Crippen LogP contribution in [0.2, 0.25) is 0 Å². The van der Waals surface area contributed by atoms with Crippen LogP contribution in [0, 0.1) is 5.92 Å². The number of hydrogen-bond acceptors (Lipinski definition) is 2. The summed E-state index contributed by atoms with van der Waals surface area (Å²) in [6.45, 7) is 6.64. The molecule has 0 aliphatic rings. The van der Waals surface area contributed by atoms with Crippen LogP contribution in [0.1, 0.15) is 27.2 Å². The van der Waals surface area contributed by atoms with Gasteiger partial charge in [0.25, 0.3) is 0 Å². The van der Waals surface area contributed by atoms with E-state index in [9.17, 15) is 0 Å². The Morgan fingerprint density at radius 3 is 2.64 bits per heavy atom. The molecule has 0 saturated carbocycles. The Bertz CT molecular complexity index is 286. The van der Waals surface area contributed by atoms with Crippen molar-refractivity contribution in [3.8, 4) is 0 Å². The largest absolute Gasteiger partial charge is 0.368 e. The highest BCUT2D eigenvalue weighted by Gasteiger charge is 2.05. The van der Waals surface area contributed by atoms with Crippen molar-refractivity contribution in [1.82, 2.24) is 4.98 Å². The first-order valence-electron chi connectivity index (χ1n) is 4.97. The highest BCUT2D eigenvalue weighted by molar-refractivity contribution is 9.10. The summed E-state index contributed by atoms with van der Waals surface area (Å²) < 4.78 is 0.874. The van der Waals surface area contributed by atoms with Gasteiger partial charge in [0.2, 0.25) is 0 Å². The molecule has 1 unspecified atom stereocenters. The summed E-state index contributed by atoms with van der Waals surface area (Å²) in [6, 6.07) is 6.37. The second-order valence-electron chi connectivity index (χ2n) is 4.02. The zero-order valence-electron chi connectivity index (χ0n) is 8.92. The molecular weight excluding hydrogens is 240 g/mol. The first kappa shape index (κ1) is 11.5. The fourth-order valence-electron chi connectivity index (χ4n) is 1.51. The van der Waals surface area contributed by atoms with Gasteiger partial charge in [-0.3, -0.25) is 0 Å². The first-order valence-corrected chi connectivity index (χ1v) is 5.76. The van der Waals surface area contributed by atoms with Gasteiger partial charge in [0, 0.05) is 6.04 Å². The normalized spacial score (nSPS) is 12.9. The third kappa shape index (κ3) is 4.09. The number of halogens is 1. The Hall–Kier alpha value is -0.570. The lowest BCUT2D eigenvalue weighted by Gasteiger charge is -2.16. The van der Waals surface area contributed by atoms with Crippen molar-refractivity contribution in [1.29, 1.82) is 0 Å². The monoisotopic (exact) mass is 256 g/mol. The van der Waals surface area contributed by atoms with E-state index in [0.29, 0.717) is 12.0 Å². The molecule has 14 heavy (non-hydrogen) atoms. The molecule has 0 amide bonds. The molecule has 1 rings (SSSR count). The third-order valence-electron chi connectivity index (χ3n) is 1.93. The van der Waals surface area contributed by atoms with Crippen LogP contribution < -0.4 is 5.32 Å². The first-order chi connectivity index (χ1) is 6.58. The summed E-state index contributed by atoms with van der Waals surface area (Å²) in [6.07, 6.45) is 1.16. The predicted molar refractivity (Wildman–Crippen MR) is 64.5 cm³/mol. The minimum absolute atomic E-state index is 0.469. The van der Waals surface area contributed by atoms with Gasteiger partial charge in [0.15, 0.2) is 0 Å². The molecule has 0 aliphatic heterocycles. The molecule has 0 spiro atoms. The van der Waals surface area contributed by atoms with E-state index in [0.717, 1.165) is 16.8 Å². The molecule has 0 aromatic carbocycles. The van der Waals surface area contributed by atoms with Gasteiger partial charge in [-0.1, -0.05) is 19.9 Å². The van der Waals surface area contributed by atoms with Crippen molar-refractivity contribution in [3.63, 3.8) is 0 Å². The molecule has 78 valence electrons. The molecule has 1 aromatic rings. The maximum atomic E-state index is 4.33. The number of hydrogen-bond donors (Lipinski definition) is 1. The Morgan fingerprint density at radius 2 is 2.07 bits per heavy atom. The molecule has 2 nitrogen and oxygen atoms in total. The molecule has 0 fully saturated rings. The summed E-state index contributed by atoms with van der Waals surface area (Å²) in [7, 11) is 0. The minimum Gasteiger partial charge on any atom is -0.368 e. The molecule has 0 bridgehead atoms. The molecule has 3 heteroatoms. The van der Waals surface area contributed by atoms with Crippen molar-refractivity contribution in [3.05, 3.63) is 22.8 Å². The lowest BCUT2D eigenvalue weighted by Crippen LogP contribution is -2.18. The van der Waals surface area contributed by atoms with E-state index >= 15 is 0 Å². The lowest BCUT2D eigenvalue weighted by atomic mass is 10.1. The SMILES string of the molecule is CC(C)CC(C)Nc1cccc(Br)n1. The fourth-order valence-corrected chi connectivity index (χ4v) is 1.85. The summed E-state index contributed by atoms with van der Waals surface area (Å²) in [4.78, 5) is 4.33. The van der Waals surface area contributed by atoms with E-state index in [1.54, 1.807) is 0 Å². The Labute approximate surface area is 94.3 Å². The second-order valence-corrected chi connectivity index (χ2v) is 4.83. The number of anilines is 1. The molecule has 1 atom stereocenters. The number of pyridine rings is 1. The standard InChI is InChI=1S/C11H17BrN2/c1-8(2)7-9(3)13-11-6-4-5-10(12)14-11/h4-6,8-9H,7H2,1-3H3,(H,13,14). The summed E-state index contributed by atoms with van der Waals surface area (Å²) >= 11 is 3.35. The van der Waals surface area contributed by atoms with Crippen LogP contribution in [0.15, 0.2) is 22.8 Å². The maximum absolute atomic E-state index is 4.33. The van der Waals surface area contributed by atoms with Gasteiger partial charge < -0.3 is 5.32 Å². The van der Waals surface area contributed by atoms with E-state index in [1.165, 1.54) is 0 Å². The molecular formula is C11H17BrN2. The third-order valence-corrected chi connectivity index (χ3v) is 2.38. The molecule has 0 radical (unpaired) electrons. The zero-order chi connectivity index (χ0) is 10.6. The van der Waals surface area contributed by atoms with Crippen molar-refractivity contribution < 1.29 is 0 Å². The van der Waals surface area contributed by atoms with Crippen molar-refractivity contribution in [2.45, 2.75) is 33.2 Å². The predicted octanol–water partition coefficient (Wildman–Crippen LogP) is 3.69. The number of rotatable bonds is 4. The van der Waals surface area contributed by atoms with Crippen LogP contribution in [0.4, 0.5) is 5.82 Å². The van der Waals surface area contributed by atoms with E-state index in [2.05, 4.69) is 47.0 Å². The van der Waals surface area contributed by atoms with E-state index in [4.69, 9.17) is 0 Å². The van der Waals surface area contributed by atoms with Gasteiger partial charge in [-0.25, -0.2) is 4.98 Å². The van der Waals surface area contributed by atoms with E-state index in [-0.39, 0.29) is 0 Å². The number of nitrogens with one attached hydrogen (secondary N) is 1. The second kappa shape index (κ2) is 5.35. The summed E-state index contributed by atoms with van der Waals surface area (Å²) in [5.74, 6) is 1.65. The van der Waals surface area contributed by atoms with Gasteiger partial charge in [-0.05, 0) is 47.3 Å². The van der Waals surface area contributed by atoms with Crippen LogP contribution in [0.5, 0.6) is 0 Å². The quantitative estimate of drug-likeness (QED) is 0.832. The summed E-state index contributed by atoms with van der Waals surface area (Å²) in [5, 5.41) is 3.37. The van der Waals surface area contributed by atoms with Gasteiger partial charge >= 0.3 is 0 Å². The number of nitrogens with zero attached hydrogens (tertiary/aromatic N) is 1. The van der Waals surface area contributed by atoms with Crippen molar-refractivity contribution >= 4 is 21.7 Å². The highest BCUT2D eigenvalue weighted by Crippen LogP contribution is 2.13. The molecule has 0 aliphatic carbocycles. The van der Waals surface area contributed by atoms with Crippen LogP contribution >= 0.6 is 15.9 Å². The zero-order valence-corrected chi connectivity index (χ0v) is 10.5. The average Bonchev–Trinajstić information content (AvgIpc) is 2.01. The van der Waals surface area contributed by atoms with Gasteiger partial charge in [0.1, 0.15) is 10.4 Å². The molecule has 1 heterocycles. The maximum Gasteiger partial charge on any atom is 0.127 e. The molecule has 1 N–H and O–H groups in total. The van der Waals surface area contributed by atoms with Crippen LogP contribution in [0.3, 0.4) is 0 Å². The van der Waals surface area contributed by atoms with Gasteiger partial charge in [-0.2, -0.15) is 0 Å². The topological polar surface area (TPSA) is 24.9 Å². The van der Waals surface area contributed by atoms with Crippen molar-refractivity contribution in [2.24, 2.45) is 5.92 Å². The Balaban J connectivity index is 2.51.